The fourth-order valence-electron chi connectivity index (χ4n) is 7.47. The summed E-state index contributed by atoms with van der Waals surface area (Å²) >= 11 is 0. The van der Waals surface area contributed by atoms with Crippen LogP contribution in [0.5, 0.6) is 0 Å². The van der Waals surface area contributed by atoms with E-state index in [-0.39, 0.29) is 0 Å². The second-order valence-electron chi connectivity index (χ2n) is 12.0. The van der Waals surface area contributed by atoms with Crippen molar-refractivity contribution in [3.63, 3.8) is 0 Å². The van der Waals surface area contributed by atoms with Crippen LogP contribution < -0.4 is 0 Å². The Kier molecular flexibility index (Phi) is 5.32. The molecule has 0 unspecified atom stereocenters. The van der Waals surface area contributed by atoms with Gasteiger partial charge in [-0.05, 0) is 65.7 Å². The van der Waals surface area contributed by atoms with Gasteiger partial charge < -0.3 is 13.6 Å². The number of benzene rings is 7. The zero-order chi connectivity index (χ0) is 31.1. The first kappa shape index (κ1) is 25.7. The van der Waals surface area contributed by atoms with Gasteiger partial charge in [0.1, 0.15) is 11.2 Å². The van der Waals surface area contributed by atoms with Crippen LogP contribution in [-0.4, -0.2) is 9.13 Å². The minimum Gasteiger partial charge on any atom is -0.456 e. The first-order valence-corrected chi connectivity index (χ1v) is 15.7. The Morgan fingerprint density at radius 2 is 1.02 bits per heavy atom. The van der Waals surface area contributed by atoms with Gasteiger partial charge in [-0.1, -0.05) is 91.0 Å². The molecule has 0 saturated heterocycles. The lowest BCUT2D eigenvalue weighted by molar-refractivity contribution is 0.669. The van der Waals surface area contributed by atoms with E-state index < -0.39 is 0 Å². The molecular formula is C43H25N3O. The second-order valence-corrected chi connectivity index (χ2v) is 12.0. The molecule has 0 amide bonds. The highest BCUT2D eigenvalue weighted by Crippen LogP contribution is 2.41. The van der Waals surface area contributed by atoms with Gasteiger partial charge >= 0.3 is 0 Å². The normalized spacial score (nSPS) is 11.8. The summed E-state index contributed by atoms with van der Waals surface area (Å²) in [6.45, 7) is 8.09. The first-order valence-electron chi connectivity index (χ1n) is 15.7. The van der Waals surface area contributed by atoms with E-state index in [2.05, 4.69) is 147 Å². The Balaban J connectivity index is 1.20. The molecule has 0 bridgehead atoms. The highest BCUT2D eigenvalue weighted by atomic mass is 16.3. The summed E-state index contributed by atoms with van der Waals surface area (Å²) in [6.07, 6.45) is 0. The predicted octanol–water partition coefficient (Wildman–Crippen LogP) is 12.0. The Hall–Kier alpha value is -6.57. The maximum atomic E-state index is 8.09. The molecule has 47 heavy (non-hydrogen) atoms. The zero-order valence-corrected chi connectivity index (χ0v) is 25.2. The standard InChI is InChI=1S/C43H25N3O/c1-44-37-22-21-29(46-40-19-8-4-15-32(40)35-25-36-33-16-5-9-20-42(33)47-43(36)26-41(35)46)24-34(37)27-11-10-12-28(23-27)45-38-17-6-2-13-30(38)31-14-3-7-18-39(31)45/h2-26H. The summed E-state index contributed by atoms with van der Waals surface area (Å²) in [4.78, 5) is 3.97. The van der Waals surface area contributed by atoms with Crippen LogP contribution in [0.3, 0.4) is 0 Å². The number of rotatable bonds is 3. The monoisotopic (exact) mass is 599 g/mol. The average Bonchev–Trinajstić information content (AvgIpc) is 3.78. The summed E-state index contributed by atoms with van der Waals surface area (Å²) in [5, 5.41) is 7.03. The minimum absolute atomic E-state index is 0.619. The van der Waals surface area contributed by atoms with Crippen molar-refractivity contribution in [2.24, 2.45) is 0 Å². The number of nitrogens with zero attached hydrogens (tertiary/aromatic N) is 3. The quantitative estimate of drug-likeness (QED) is 0.186. The number of hydrogen-bond acceptors (Lipinski definition) is 1. The van der Waals surface area contributed by atoms with Crippen LogP contribution in [0.2, 0.25) is 0 Å². The summed E-state index contributed by atoms with van der Waals surface area (Å²) < 4.78 is 10.9. The van der Waals surface area contributed by atoms with Crippen LogP contribution in [0.25, 0.3) is 92.9 Å². The van der Waals surface area contributed by atoms with Crippen molar-refractivity contribution in [3.05, 3.63) is 163 Å². The van der Waals surface area contributed by atoms with Crippen molar-refractivity contribution >= 4 is 71.2 Å². The highest BCUT2D eigenvalue weighted by Gasteiger charge is 2.18. The molecule has 0 aliphatic carbocycles. The van der Waals surface area contributed by atoms with Crippen molar-refractivity contribution < 1.29 is 4.42 Å². The van der Waals surface area contributed by atoms with Crippen LogP contribution in [0.1, 0.15) is 0 Å². The Bertz CT molecular complexity index is 2880. The molecule has 3 aromatic heterocycles. The molecule has 10 rings (SSSR count). The summed E-state index contributed by atoms with van der Waals surface area (Å²) in [6, 6.07) is 53.0. The van der Waals surface area contributed by atoms with Gasteiger partial charge in [0.2, 0.25) is 0 Å². The second kappa shape index (κ2) is 9.71. The van der Waals surface area contributed by atoms with Gasteiger partial charge in [0.25, 0.3) is 0 Å². The molecule has 0 fully saturated rings. The largest absolute Gasteiger partial charge is 0.456 e. The maximum Gasteiger partial charge on any atom is 0.195 e. The van der Waals surface area contributed by atoms with Gasteiger partial charge in [0.05, 0.1) is 28.6 Å². The van der Waals surface area contributed by atoms with E-state index in [1.807, 2.05) is 18.2 Å². The molecule has 7 aromatic carbocycles. The highest BCUT2D eigenvalue weighted by molar-refractivity contribution is 6.17. The van der Waals surface area contributed by atoms with Crippen molar-refractivity contribution in [1.82, 2.24) is 9.13 Å². The predicted molar refractivity (Wildman–Crippen MR) is 194 cm³/mol. The van der Waals surface area contributed by atoms with E-state index in [0.717, 1.165) is 66.5 Å². The number of aromatic nitrogens is 2. The third-order valence-electron chi connectivity index (χ3n) is 9.53. The Morgan fingerprint density at radius 1 is 0.426 bits per heavy atom. The van der Waals surface area contributed by atoms with Crippen molar-refractivity contribution in [3.8, 4) is 22.5 Å². The molecule has 0 aliphatic heterocycles. The number of hydrogen-bond donors (Lipinski definition) is 0. The molecule has 4 heteroatoms. The lowest BCUT2D eigenvalue weighted by Gasteiger charge is -2.14. The van der Waals surface area contributed by atoms with Gasteiger partial charge in [-0.3, -0.25) is 0 Å². The molecule has 218 valence electrons. The molecule has 0 saturated carbocycles. The van der Waals surface area contributed by atoms with E-state index in [1.54, 1.807) is 0 Å². The number of furan rings is 1. The van der Waals surface area contributed by atoms with E-state index >= 15 is 0 Å². The van der Waals surface area contributed by atoms with Crippen LogP contribution in [-0.2, 0) is 0 Å². The topological polar surface area (TPSA) is 27.4 Å². The molecule has 0 atom stereocenters. The van der Waals surface area contributed by atoms with Gasteiger partial charge in [0.15, 0.2) is 5.69 Å². The number of fused-ring (bicyclic) bond motifs is 9. The first-order chi connectivity index (χ1) is 23.3. The Labute approximate surface area is 269 Å². The van der Waals surface area contributed by atoms with E-state index in [0.29, 0.717) is 5.69 Å². The number of para-hydroxylation sites is 4. The van der Waals surface area contributed by atoms with Crippen molar-refractivity contribution in [2.45, 2.75) is 0 Å². The van der Waals surface area contributed by atoms with Gasteiger partial charge in [-0.15, -0.1) is 0 Å². The van der Waals surface area contributed by atoms with Gasteiger partial charge in [0, 0.05) is 49.8 Å². The zero-order valence-electron chi connectivity index (χ0n) is 25.2. The van der Waals surface area contributed by atoms with Crippen LogP contribution in [0.4, 0.5) is 5.69 Å². The van der Waals surface area contributed by atoms with E-state index in [9.17, 15) is 0 Å². The minimum atomic E-state index is 0.619. The SMILES string of the molecule is [C-]#[N+]c1ccc(-n2c3ccccc3c3cc4c(cc32)oc2ccccc24)cc1-c1cccc(-n2c3ccccc3c3ccccc32)c1. The lowest BCUT2D eigenvalue weighted by Crippen LogP contribution is -1.96. The maximum absolute atomic E-state index is 8.09. The van der Waals surface area contributed by atoms with Gasteiger partial charge in [-0.25, -0.2) is 4.85 Å². The molecule has 0 aliphatic rings. The van der Waals surface area contributed by atoms with E-state index in [4.69, 9.17) is 11.0 Å². The summed E-state index contributed by atoms with van der Waals surface area (Å²) in [7, 11) is 0. The Morgan fingerprint density at radius 3 is 1.72 bits per heavy atom. The van der Waals surface area contributed by atoms with Crippen molar-refractivity contribution in [2.75, 3.05) is 0 Å². The van der Waals surface area contributed by atoms with E-state index in [1.165, 1.54) is 21.5 Å². The van der Waals surface area contributed by atoms with Crippen molar-refractivity contribution in [1.29, 1.82) is 0 Å². The fourth-order valence-corrected chi connectivity index (χ4v) is 7.47. The smallest absolute Gasteiger partial charge is 0.195 e. The third kappa shape index (κ3) is 3.69. The molecule has 0 radical (unpaired) electrons. The van der Waals surface area contributed by atoms with Crippen LogP contribution in [0, 0.1) is 6.57 Å². The van der Waals surface area contributed by atoms with Crippen LogP contribution in [0.15, 0.2) is 156 Å². The molecule has 0 spiro atoms. The van der Waals surface area contributed by atoms with Crippen LogP contribution >= 0.6 is 0 Å². The molecule has 4 nitrogen and oxygen atoms in total. The van der Waals surface area contributed by atoms with Gasteiger partial charge in [-0.2, -0.15) is 0 Å². The fraction of sp³-hybridized carbons (Fsp3) is 0. The molecular weight excluding hydrogens is 574 g/mol. The third-order valence-corrected chi connectivity index (χ3v) is 9.53. The molecule has 10 aromatic rings. The summed E-state index contributed by atoms with van der Waals surface area (Å²) in [5.74, 6) is 0. The molecule has 3 heterocycles. The average molecular weight is 600 g/mol. The lowest BCUT2D eigenvalue weighted by atomic mass is 10.0. The molecule has 0 N–H and O–H groups in total. The summed E-state index contributed by atoms with van der Waals surface area (Å²) in [5.41, 5.74) is 10.8.